The topological polar surface area (TPSA) is 41.5 Å². The maximum absolute atomic E-state index is 9.09. The average Bonchev–Trinajstić information content (AvgIpc) is 2.03. The predicted octanol–water partition coefficient (Wildman–Crippen LogP) is 0.526. The Kier molecular flexibility index (Phi) is 3.50. The van der Waals surface area contributed by atoms with E-state index in [1.165, 1.54) is 0 Å². The first kappa shape index (κ1) is 9.96. The molecular formula is C9H19NO2. The molecule has 1 aliphatic rings. The molecule has 1 fully saturated rings. The zero-order valence-electron chi connectivity index (χ0n) is 7.97. The summed E-state index contributed by atoms with van der Waals surface area (Å²) in [6.07, 6.45) is 1.98. The van der Waals surface area contributed by atoms with E-state index in [-0.39, 0.29) is 11.6 Å². The lowest BCUT2D eigenvalue weighted by molar-refractivity contribution is 0.0233. The van der Waals surface area contributed by atoms with Gasteiger partial charge in [0.1, 0.15) is 0 Å². The Hall–Kier alpha value is -0.120. The van der Waals surface area contributed by atoms with Gasteiger partial charge in [-0.1, -0.05) is 0 Å². The summed E-state index contributed by atoms with van der Waals surface area (Å²) in [6, 6.07) is 0. The molecule has 0 aliphatic carbocycles. The number of aliphatic hydroxyl groups is 1. The summed E-state index contributed by atoms with van der Waals surface area (Å²) in [4.78, 5) is 0. The fourth-order valence-electron chi connectivity index (χ4n) is 1.47. The van der Waals surface area contributed by atoms with E-state index in [4.69, 9.17) is 9.84 Å². The lowest BCUT2D eigenvalue weighted by atomic mass is 9.95. The maximum Gasteiger partial charge on any atom is 0.0645 e. The van der Waals surface area contributed by atoms with Crippen LogP contribution >= 0.6 is 0 Å². The summed E-state index contributed by atoms with van der Waals surface area (Å²) in [5.41, 5.74) is 0.0786. The smallest absolute Gasteiger partial charge is 0.0645 e. The van der Waals surface area contributed by atoms with E-state index in [1.807, 2.05) is 0 Å². The lowest BCUT2D eigenvalue weighted by Crippen LogP contribution is -2.50. The number of ether oxygens (including phenoxy) is 1. The number of nitrogens with one attached hydrogen (secondary N) is 1. The van der Waals surface area contributed by atoms with E-state index in [1.54, 1.807) is 6.92 Å². The number of β-amino-alcohol motifs (C(OH)–C–C–N with tert-alkyl or cyclic N) is 1. The highest BCUT2D eigenvalue weighted by Gasteiger charge is 2.26. The first-order valence-electron chi connectivity index (χ1n) is 4.63. The number of aliphatic hydroxyl groups excluding tert-OH is 1. The highest BCUT2D eigenvalue weighted by atomic mass is 16.5. The zero-order chi connectivity index (χ0) is 9.03. The SMILES string of the molecule is CC(O)CNC1(C)CCCOC1. The Balaban J connectivity index is 2.26. The first-order valence-corrected chi connectivity index (χ1v) is 4.63. The fourth-order valence-corrected chi connectivity index (χ4v) is 1.47. The highest BCUT2D eigenvalue weighted by Crippen LogP contribution is 2.17. The molecule has 0 radical (unpaired) electrons. The summed E-state index contributed by atoms with van der Waals surface area (Å²) >= 11 is 0. The van der Waals surface area contributed by atoms with Crippen LogP contribution in [0.5, 0.6) is 0 Å². The lowest BCUT2D eigenvalue weighted by Gasteiger charge is -2.34. The molecule has 0 amide bonds. The van der Waals surface area contributed by atoms with Crippen LogP contribution in [0.25, 0.3) is 0 Å². The second-order valence-corrected chi connectivity index (χ2v) is 3.95. The minimum atomic E-state index is -0.274. The standard InChI is InChI=1S/C9H19NO2/c1-8(11)6-10-9(2)4-3-5-12-7-9/h8,10-11H,3-7H2,1-2H3. The maximum atomic E-state index is 9.09. The summed E-state index contributed by atoms with van der Waals surface area (Å²) in [5.74, 6) is 0. The van der Waals surface area contributed by atoms with Crippen LogP contribution in [0.1, 0.15) is 26.7 Å². The molecule has 0 saturated carbocycles. The molecule has 72 valence electrons. The number of rotatable bonds is 3. The second kappa shape index (κ2) is 4.21. The van der Waals surface area contributed by atoms with Crippen molar-refractivity contribution >= 4 is 0 Å². The molecule has 12 heavy (non-hydrogen) atoms. The van der Waals surface area contributed by atoms with Gasteiger partial charge in [0.25, 0.3) is 0 Å². The van der Waals surface area contributed by atoms with E-state index in [2.05, 4.69) is 12.2 Å². The summed E-state index contributed by atoms with van der Waals surface area (Å²) in [6.45, 7) is 6.24. The Morgan fingerprint density at radius 1 is 1.67 bits per heavy atom. The molecule has 1 saturated heterocycles. The van der Waals surface area contributed by atoms with Crippen LogP contribution in [0.15, 0.2) is 0 Å². The van der Waals surface area contributed by atoms with Crippen molar-refractivity contribution in [1.29, 1.82) is 0 Å². The fraction of sp³-hybridized carbons (Fsp3) is 1.00. The van der Waals surface area contributed by atoms with Crippen LogP contribution in [-0.2, 0) is 4.74 Å². The van der Waals surface area contributed by atoms with Crippen molar-refractivity contribution in [3.8, 4) is 0 Å². The Morgan fingerprint density at radius 2 is 2.42 bits per heavy atom. The molecule has 2 atom stereocenters. The van der Waals surface area contributed by atoms with Gasteiger partial charge in [-0.25, -0.2) is 0 Å². The minimum Gasteiger partial charge on any atom is -0.392 e. The van der Waals surface area contributed by atoms with Gasteiger partial charge in [0.05, 0.1) is 12.7 Å². The average molecular weight is 173 g/mol. The van der Waals surface area contributed by atoms with Crippen molar-refractivity contribution in [2.75, 3.05) is 19.8 Å². The van der Waals surface area contributed by atoms with Gasteiger partial charge in [-0.15, -0.1) is 0 Å². The molecule has 2 N–H and O–H groups in total. The van der Waals surface area contributed by atoms with Gasteiger partial charge in [-0.3, -0.25) is 0 Å². The molecule has 0 aromatic heterocycles. The monoisotopic (exact) mass is 173 g/mol. The molecule has 3 heteroatoms. The molecule has 1 rings (SSSR count). The summed E-state index contributed by atoms with van der Waals surface area (Å²) < 4.78 is 5.37. The Bertz CT molecular complexity index is 130. The van der Waals surface area contributed by atoms with Gasteiger partial charge in [0.15, 0.2) is 0 Å². The van der Waals surface area contributed by atoms with Crippen molar-refractivity contribution in [1.82, 2.24) is 5.32 Å². The van der Waals surface area contributed by atoms with Gasteiger partial charge >= 0.3 is 0 Å². The third-order valence-corrected chi connectivity index (χ3v) is 2.26. The van der Waals surface area contributed by atoms with Crippen molar-refractivity contribution in [2.45, 2.75) is 38.3 Å². The van der Waals surface area contributed by atoms with Crippen LogP contribution in [0.2, 0.25) is 0 Å². The third-order valence-electron chi connectivity index (χ3n) is 2.26. The van der Waals surface area contributed by atoms with E-state index >= 15 is 0 Å². The minimum absolute atomic E-state index is 0.0786. The van der Waals surface area contributed by atoms with Crippen molar-refractivity contribution in [2.24, 2.45) is 0 Å². The van der Waals surface area contributed by atoms with Crippen molar-refractivity contribution in [3.05, 3.63) is 0 Å². The Morgan fingerprint density at radius 3 is 2.92 bits per heavy atom. The van der Waals surface area contributed by atoms with Gasteiger partial charge in [-0.05, 0) is 26.7 Å². The van der Waals surface area contributed by atoms with Crippen molar-refractivity contribution in [3.63, 3.8) is 0 Å². The molecule has 0 aromatic carbocycles. The number of hydrogen-bond acceptors (Lipinski definition) is 3. The summed E-state index contributed by atoms with van der Waals surface area (Å²) in [7, 11) is 0. The molecular weight excluding hydrogens is 154 g/mol. The first-order chi connectivity index (χ1) is 5.62. The van der Waals surface area contributed by atoms with Crippen LogP contribution in [-0.4, -0.2) is 36.5 Å². The molecule has 1 aliphatic heterocycles. The quantitative estimate of drug-likeness (QED) is 0.654. The molecule has 0 bridgehead atoms. The zero-order valence-corrected chi connectivity index (χ0v) is 7.97. The highest BCUT2D eigenvalue weighted by molar-refractivity contribution is 4.85. The van der Waals surface area contributed by atoms with Crippen molar-refractivity contribution < 1.29 is 9.84 Å². The molecule has 0 spiro atoms. The molecule has 2 unspecified atom stereocenters. The van der Waals surface area contributed by atoms with Gasteiger partial charge in [0, 0.05) is 18.7 Å². The molecule has 1 heterocycles. The predicted molar refractivity (Wildman–Crippen MR) is 48.1 cm³/mol. The second-order valence-electron chi connectivity index (χ2n) is 3.95. The normalized spacial score (nSPS) is 33.2. The van der Waals surface area contributed by atoms with Gasteiger partial charge in [-0.2, -0.15) is 0 Å². The van der Waals surface area contributed by atoms with Crippen LogP contribution < -0.4 is 5.32 Å². The third kappa shape index (κ3) is 3.09. The van der Waals surface area contributed by atoms with Gasteiger partial charge < -0.3 is 15.2 Å². The Labute approximate surface area is 74.1 Å². The number of hydrogen-bond donors (Lipinski definition) is 2. The van der Waals surface area contributed by atoms with E-state index < -0.39 is 0 Å². The van der Waals surface area contributed by atoms with E-state index in [9.17, 15) is 0 Å². The summed E-state index contributed by atoms with van der Waals surface area (Å²) in [5, 5.41) is 12.4. The van der Waals surface area contributed by atoms with E-state index in [0.29, 0.717) is 6.54 Å². The largest absolute Gasteiger partial charge is 0.392 e. The van der Waals surface area contributed by atoms with Crippen LogP contribution in [0, 0.1) is 0 Å². The van der Waals surface area contributed by atoms with Gasteiger partial charge in [0.2, 0.25) is 0 Å². The molecule has 3 nitrogen and oxygen atoms in total. The van der Waals surface area contributed by atoms with Crippen LogP contribution in [0.4, 0.5) is 0 Å². The molecule has 0 aromatic rings. The van der Waals surface area contributed by atoms with Crippen LogP contribution in [0.3, 0.4) is 0 Å². The van der Waals surface area contributed by atoms with E-state index in [0.717, 1.165) is 26.1 Å².